The van der Waals surface area contributed by atoms with Crippen LogP contribution in [0.15, 0.2) is 59.0 Å². The molecule has 0 bridgehead atoms. The third kappa shape index (κ3) is 1.42. The molecule has 1 heterocycles. The second-order valence-electron chi connectivity index (χ2n) is 5.52. The molecule has 4 aromatic rings. The second-order valence-corrected chi connectivity index (χ2v) is 5.92. The van der Waals surface area contributed by atoms with Gasteiger partial charge < -0.3 is 4.42 Å². The lowest BCUT2D eigenvalue weighted by molar-refractivity contribution is 0.665. The molecule has 3 aromatic carbocycles. The Kier molecular flexibility index (Phi) is 2.12. The van der Waals surface area contributed by atoms with E-state index in [0.29, 0.717) is 0 Å². The van der Waals surface area contributed by atoms with E-state index in [0.717, 1.165) is 28.2 Å². The van der Waals surface area contributed by atoms with Gasteiger partial charge in [-0.05, 0) is 29.3 Å². The Bertz CT molecular complexity index is 1030. The number of para-hydroxylation sites is 1. The Morgan fingerprint density at radius 1 is 0.857 bits per heavy atom. The molecule has 2 heteroatoms. The fourth-order valence-corrected chi connectivity index (χ4v) is 3.76. The van der Waals surface area contributed by atoms with Gasteiger partial charge >= 0.3 is 0 Å². The fourth-order valence-electron chi connectivity index (χ4n) is 3.46. The molecule has 0 fully saturated rings. The molecule has 1 aliphatic rings. The maximum atomic E-state index is 6.40. The van der Waals surface area contributed by atoms with Crippen molar-refractivity contribution in [3.63, 3.8) is 0 Å². The van der Waals surface area contributed by atoms with Gasteiger partial charge in [-0.3, -0.25) is 0 Å². The van der Waals surface area contributed by atoms with Crippen molar-refractivity contribution in [2.24, 2.45) is 0 Å². The molecule has 1 nitrogen and oxygen atoms in total. The minimum absolute atomic E-state index is 0.821. The molecule has 1 aliphatic carbocycles. The van der Waals surface area contributed by atoms with E-state index in [1.807, 2.05) is 24.3 Å². The monoisotopic (exact) mass is 290 g/mol. The summed E-state index contributed by atoms with van der Waals surface area (Å²) in [7, 11) is 0. The highest BCUT2D eigenvalue weighted by Gasteiger charge is 2.24. The van der Waals surface area contributed by atoms with Gasteiger partial charge in [0.25, 0.3) is 0 Å². The van der Waals surface area contributed by atoms with Crippen molar-refractivity contribution in [1.29, 1.82) is 0 Å². The summed E-state index contributed by atoms with van der Waals surface area (Å²) in [5, 5.41) is 3.19. The van der Waals surface area contributed by atoms with E-state index in [9.17, 15) is 0 Å². The number of furan rings is 1. The summed E-state index contributed by atoms with van der Waals surface area (Å²) in [6, 6.07) is 18.7. The third-order valence-corrected chi connectivity index (χ3v) is 4.70. The lowest BCUT2D eigenvalue weighted by atomic mass is 10.0. The van der Waals surface area contributed by atoms with Gasteiger partial charge in [0, 0.05) is 33.3 Å². The standard InChI is InChI=1S/C19H11ClO/c20-16-6-3-4-11-10-15-13(18(11)16)8-9-14-12-5-1-2-7-17(12)21-19(14)15/h1-9H,10H2. The van der Waals surface area contributed by atoms with Crippen molar-refractivity contribution < 1.29 is 4.42 Å². The minimum Gasteiger partial charge on any atom is -0.456 e. The van der Waals surface area contributed by atoms with Crippen molar-refractivity contribution in [2.75, 3.05) is 0 Å². The lowest BCUT2D eigenvalue weighted by Gasteiger charge is -2.03. The lowest BCUT2D eigenvalue weighted by Crippen LogP contribution is -1.80. The first kappa shape index (κ1) is 11.4. The van der Waals surface area contributed by atoms with Gasteiger partial charge in [-0.15, -0.1) is 0 Å². The van der Waals surface area contributed by atoms with E-state index < -0.39 is 0 Å². The molecule has 0 saturated heterocycles. The summed E-state index contributed by atoms with van der Waals surface area (Å²) in [5.41, 5.74) is 6.86. The normalized spacial score (nSPS) is 12.8. The number of hydrogen-bond donors (Lipinski definition) is 0. The van der Waals surface area contributed by atoms with Gasteiger partial charge in [0.15, 0.2) is 0 Å². The molecule has 0 radical (unpaired) electrons. The van der Waals surface area contributed by atoms with Crippen LogP contribution < -0.4 is 0 Å². The molecule has 0 atom stereocenters. The summed E-state index contributed by atoms with van der Waals surface area (Å²) in [5.74, 6) is 0. The van der Waals surface area contributed by atoms with Crippen LogP contribution in [-0.2, 0) is 6.42 Å². The average molecular weight is 291 g/mol. The Labute approximate surface area is 126 Å². The fraction of sp³-hybridized carbons (Fsp3) is 0.0526. The predicted octanol–water partition coefficient (Wildman–Crippen LogP) is 5.81. The van der Waals surface area contributed by atoms with E-state index in [-0.39, 0.29) is 0 Å². The molecule has 21 heavy (non-hydrogen) atoms. The molecule has 0 amide bonds. The maximum Gasteiger partial charge on any atom is 0.139 e. The molecule has 100 valence electrons. The van der Waals surface area contributed by atoms with Crippen LogP contribution in [-0.4, -0.2) is 0 Å². The zero-order chi connectivity index (χ0) is 14.0. The Balaban J connectivity index is 1.92. The van der Waals surface area contributed by atoms with Crippen molar-refractivity contribution in [3.05, 3.63) is 70.7 Å². The average Bonchev–Trinajstić information content (AvgIpc) is 3.05. The number of hydrogen-bond acceptors (Lipinski definition) is 1. The molecule has 0 N–H and O–H groups in total. The highest BCUT2D eigenvalue weighted by Crippen LogP contribution is 2.45. The second kappa shape index (κ2) is 3.90. The first-order valence-electron chi connectivity index (χ1n) is 7.04. The van der Waals surface area contributed by atoms with E-state index in [4.69, 9.17) is 16.0 Å². The summed E-state index contributed by atoms with van der Waals surface area (Å²) in [4.78, 5) is 0. The highest BCUT2D eigenvalue weighted by molar-refractivity contribution is 6.34. The topological polar surface area (TPSA) is 13.1 Å². The van der Waals surface area contributed by atoms with Crippen LogP contribution in [0.25, 0.3) is 33.1 Å². The van der Waals surface area contributed by atoms with Crippen molar-refractivity contribution in [1.82, 2.24) is 0 Å². The van der Waals surface area contributed by atoms with Crippen LogP contribution >= 0.6 is 11.6 Å². The van der Waals surface area contributed by atoms with Gasteiger partial charge in [-0.25, -0.2) is 0 Å². The SMILES string of the molecule is Clc1cccc2c1-c1ccc3c(oc4ccccc43)c1C2. The van der Waals surface area contributed by atoms with Crippen molar-refractivity contribution in [3.8, 4) is 11.1 Å². The summed E-state index contributed by atoms with van der Waals surface area (Å²) < 4.78 is 6.12. The van der Waals surface area contributed by atoms with Gasteiger partial charge in [0.05, 0.1) is 0 Å². The zero-order valence-corrected chi connectivity index (χ0v) is 11.9. The minimum atomic E-state index is 0.821. The van der Waals surface area contributed by atoms with Crippen LogP contribution in [0.1, 0.15) is 11.1 Å². The molecular formula is C19H11ClO. The molecule has 0 aliphatic heterocycles. The van der Waals surface area contributed by atoms with E-state index >= 15 is 0 Å². The van der Waals surface area contributed by atoms with Gasteiger partial charge in [-0.2, -0.15) is 0 Å². The molecule has 0 saturated carbocycles. The third-order valence-electron chi connectivity index (χ3n) is 4.39. The van der Waals surface area contributed by atoms with Crippen LogP contribution in [0.4, 0.5) is 0 Å². The number of fused-ring (bicyclic) bond motifs is 7. The smallest absolute Gasteiger partial charge is 0.139 e. The van der Waals surface area contributed by atoms with Crippen LogP contribution in [0, 0.1) is 0 Å². The van der Waals surface area contributed by atoms with E-state index in [1.54, 1.807) is 0 Å². The van der Waals surface area contributed by atoms with Gasteiger partial charge in [0.1, 0.15) is 11.2 Å². The van der Waals surface area contributed by atoms with Crippen molar-refractivity contribution in [2.45, 2.75) is 6.42 Å². The molecule has 1 aromatic heterocycles. The maximum absolute atomic E-state index is 6.40. The molecule has 0 spiro atoms. The highest BCUT2D eigenvalue weighted by atomic mass is 35.5. The molecule has 5 rings (SSSR count). The van der Waals surface area contributed by atoms with Crippen LogP contribution in [0.2, 0.25) is 5.02 Å². The van der Waals surface area contributed by atoms with Gasteiger partial charge in [0.2, 0.25) is 0 Å². The summed E-state index contributed by atoms with van der Waals surface area (Å²) in [6.07, 6.45) is 0.891. The van der Waals surface area contributed by atoms with Crippen molar-refractivity contribution >= 4 is 33.5 Å². The van der Waals surface area contributed by atoms with E-state index in [1.165, 1.54) is 27.5 Å². The predicted molar refractivity (Wildman–Crippen MR) is 87.0 cm³/mol. The summed E-state index contributed by atoms with van der Waals surface area (Å²) in [6.45, 7) is 0. The molecular weight excluding hydrogens is 280 g/mol. The first-order chi connectivity index (χ1) is 10.3. The van der Waals surface area contributed by atoms with E-state index in [2.05, 4.69) is 30.3 Å². The number of benzene rings is 3. The number of rotatable bonds is 0. The summed E-state index contributed by atoms with van der Waals surface area (Å²) >= 11 is 6.40. The Hall–Kier alpha value is -2.25. The first-order valence-corrected chi connectivity index (χ1v) is 7.41. The van der Waals surface area contributed by atoms with Crippen LogP contribution in [0.3, 0.4) is 0 Å². The van der Waals surface area contributed by atoms with Gasteiger partial charge in [-0.1, -0.05) is 48.0 Å². The Morgan fingerprint density at radius 3 is 2.71 bits per heavy atom. The number of halogens is 1. The Morgan fingerprint density at radius 2 is 1.76 bits per heavy atom. The molecule has 0 unspecified atom stereocenters. The largest absolute Gasteiger partial charge is 0.456 e. The van der Waals surface area contributed by atoms with Crippen LogP contribution in [0.5, 0.6) is 0 Å². The zero-order valence-electron chi connectivity index (χ0n) is 11.2. The quantitative estimate of drug-likeness (QED) is 0.351.